The summed E-state index contributed by atoms with van der Waals surface area (Å²) < 4.78 is 51.4. The fourth-order valence-electron chi connectivity index (χ4n) is 3.95. The zero-order valence-electron chi connectivity index (χ0n) is 20.7. The van der Waals surface area contributed by atoms with E-state index in [-0.39, 0.29) is 11.7 Å². The van der Waals surface area contributed by atoms with Gasteiger partial charge in [-0.05, 0) is 79.1 Å². The van der Waals surface area contributed by atoms with E-state index in [2.05, 4.69) is 5.32 Å². The van der Waals surface area contributed by atoms with Gasteiger partial charge in [0, 0.05) is 30.6 Å². The predicted octanol–water partition coefficient (Wildman–Crippen LogP) is 5.91. The average molecular weight is 543 g/mol. The number of carbonyl (C=O) groups is 1. The second kappa shape index (κ2) is 11.3. The SMILES string of the molecule is CNC(=O)c1c(-c2ccc(Oc3ccc(F)cc3)cc2)oc2cc(N(CCCSC)S(C)(=O)=O)ccc12. The number of nitrogens with one attached hydrogen (secondary N) is 1. The molecule has 0 fully saturated rings. The molecule has 0 unspecified atom stereocenters. The van der Waals surface area contributed by atoms with Gasteiger partial charge in [-0.3, -0.25) is 9.10 Å². The van der Waals surface area contributed by atoms with Crippen LogP contribution in [0.5, 0.6) is 11.5 Å². The maximum Gasteiger partial charge on any atom is 0.255 e. The van der Waals surface area contributed by atoms with Crippen molar-refractivity contribution in [2.24, 2.45) is 0 Å². The number of sulfonamides is 1. The highest BCUT2D eigenvalue weighted by molar-refractivity contribution is 7.98. The van der Waals surface area contributed by atoms with Gasteiger partial charge in [-0.2, -0.15) is 11.8 Å². The van der Waals surface area contributed by atoms with Gasteiger partial charge in [0.1, 0.15) is 28.7 Å². The van der Waals surface area contributed by atoms with Gasteiger partial charge in [0.25, 0.3) is 5.91 Å². The summed E-state index contributed by atoms with van der Waals surface area (Å²) in [4.78, 5) is 12.8. The first-order valence-corrected chi connectivity index (χ1v) is 14.7. The minimum atomic E-state index is -3.51. The summed E-state index contributed by atoms with van der Waals surface area (Å²) in [6.07, 6.45) is 3.85. The monoisotopic (exact) mass is 542 g/mol. The molecule has 0 saturated carbocycles. The Morgan fingerprint density at radius 2 is 1.70 bits per heavy atom. The Kier molecular flexibility index (Phi) is 8.09. The maximum absolute atomic E-state index is 13.2. The van der Waals surface area contributed by atoms with Crippen LogP contribution in [0.4, 0.5) is 10.1 Å². The zero-order chi connectivity index (χ0) is 26.6. The second-order valence-corrected chi connectivity index (χ2v) is 11.2. The van der Waals surface area contributed by atoms with Crippen LogP contribution in [0.25, 0.3) is 22.3 Å². The minimum absolute atomic E-state index is 0.326. The predicted molar refractivity (Wildman–Crippen MR) is 147 cm³/mol. The quantitative estimate of drug-likeness (QED) is 0.251. The van der Waals surface area contributed by atoms with Crippen LogP contribution in [0.15, 0.2) is 71.1 Å². The van der Waals surface area contributed by atoms with Gasteiger partial charge in [-0.25, -0.2) is 12.8 Å². The number of halogens is 1. The zero-order valence-corrected chi connectivity index (χ0v) is 22.3. The molecule has 1 N–H and O–H groups in total. The van der Waals surface area contributed by atoms with Gasteiger partial charge in [0.2, 0.25) is 10.0 Å². The molecule has 4 aromatic rings. The van der Waals surface area contributed by atoms with E-state index in [4.69, 9.17) is 9.15 Å². The maximum atomic E-state index is 13.2. The summed E-state index contributed by atoms with van der Waals surface area (Å²) in [5, 5.41) is 3.22. The molecule has 0 bridgehead atoms. The normalized spacial score (nSPS) is 11.5. The highest BCUT2D eigenvalue weighted by Gasteiger charge is 2.24. The summed E-state index contributed by atoms with van der Waals surface area (Å²) in [6, 6.07) is 17.7. The van der Waals surface area contributed by atoms with Crippen molar-refractivity contribution in [3.8, 4) is 22.8 Å². The van der Waals surface area contributed by atoms with Crippen LogP contribution in [0.1, 0.15) is 16.8 Å². The summed E-state index contributed by atoms with van der Waals surface area (Å²) in [5.74, 6) is 1.54. The fraction of sp³-hybridized carbons (Fsp3) is 0.222. The van der Waals surface area contributed by atoms with Crippen molar-refractivity contribution in [3.63, 3.8) is 0 Å². The van der Waals surface area contributed by atoms with E-state index in [1.165, 1.54) is 41.9 Å². The Hall–Kier alpha value is -3.50. The molecule has 0 atom stereocenters. The Bertz CT molecular complexity index is 1500. The van der Waals surface area contributed by atoms with E-state index in [9.17, 15) is 17.6 Å². The van der Waals surface area contributed by atoms with Gasteiger partial charge in [0.05, 0.1) is 17.5 Å². The molecular formula is C27H27FN2O5S2. The highest BCUT2D eigenvalue weighted by atomic mass is 32.2. The number of rotatable bonds is 10. The van der Waals surface area contributed by atoms with Crippen LogP contribution in [0.2, 0.25) is 0 Å². The Morgan fingerprint density at radius 1 is 1.05 bits per heavy atom. The molecule has 1 amide bonds. The van der Waals surface area contributed by atoms with Crippen molar-refractivity contribution in [2.45, 2.75) is 6.42 Å². The number of fused-ring (bicyclic) bond motifs is 1. The molecule has 1 aromatic heterocycles. The molecule has 0 radical (unpaired) electrons. The molecule has 3 aromatic carbocycles. The molecule has 1 heterocycles. The van der Waals surface area contributed by atoms with Crippen LogP contribution < -0.4 is 14.4 Å². The average Bonchev–Trinajstić information content (AvgIpc) is 3.26. The second-order valence-electron chi connectivity index (χ2n) is 8.33. The number of furan rings is 1. The van der Waals surface area contributed by atoms with Crippen LogP contribution >= 0.6 is 11.8 Å². The number of benzene rings is 3. The Morgan fingerprint density at radius 3 is 2.30 bits per heavy atom. The van der Waals surface area contributed by atoms with Crippen LogP contribution in [0, 0.1) is 5.82 Å². The molecule has 4 rings (SSSR count). The van der Waals surface area contributed by atoms with Crippen molar-refractivity contribution in [1.82, 2.24) is 5.32 Å². The third-order valence-electron chi connectivity index (χ3n) is 5.69. The van der Waals surface area contributed by atoms with Gasteiger partial charge >= 0.3 is 0 Å². The molecule has 37 heavy (non-hydrogen) atoms. The third kappa shape index (κ3) is 6.08. The van der Waals surface area contributed by atoms with Crippen molar-refractivity contribution >= 4 is 44.3 Å². The Labute approximate surface area is 219 Å². The van der Waals surface area contributed by atoms with Crippen molar-refractivity contribution in [1.29, 1.82) is 0 Å². The minimum Gasteiger partial charge on any atom is -0.457 e. The molecule has 0 saturated heterocycles. The molecule has 7 nitrogen and oxygen atoms in total. The van der Waals surface area contributed by atoms with E-state index in [1.54, 1.807) is 54.2 Å². The topological polar surface area (TPSA) is 88.8 Å². The lowest BCUT2D eigenvalue weighted by Crippen LogP contribution is -2.31. The standard InChI is InChI=1S/C27H27FN2O5S2/c1-29-27(31)25-23-14-9-20(30(37(3,32)33)15-4-16-36-2)17-24(23)35-26(25)18-5-10-21(11-6-18)34-22-12-7-19(28)8-13-22/h5-14,17H,4,15-16H2,1-3H3,(H,29,31). The van der Waals surface area contributed by atoms with Crippen molar-refractivity contribution in [3.05, 3.63) is 78.1 Å². The molecule has 194 valence electrons. The third-order valence-corrected chi connectivity index (χ3v) is 7.58. The lowest BCUT2D eigenvalue weighted by Gasteiger charge is -2.22. The van der Waals surface area contributed by atoms with Crippen molar-refractivity contribution in [2.75, 3.05) is 36.2 Å². The Balaban J connectivity index is 1.71. The van der Waals surface area contributed by atoms with Gasteiger partial charge in [-0.1, -0.05) is 0 Å². The first-order chi connectivity index (χ1) is 17.7. The number of ether oxygens (including phenoxy) is 1. The number of anilines is 1. The van der Waals surface area contributed by atoms with E-state index in [0.717, 1.165) is 5.75 Å². The number of carbonyl (C=O) groups excluding carboxylic acids is 1. The number of hydrogen-bond donors (Lipinski definition) is 1. The van der Waals surface area contributed by atoms with E-state index < -0.39 is 10.0 Å². The first-order valence-electron chi connectivity index (χ1n) is 11.5. The number of hydrogen-bond acceptors (Lipinski definition) is 6. The smallest absolute Gasteiger partial charge is 0.255 e. The largest absolute Gasteiger partial charge is 0.457 e. The highest BCUT2D eigenvalue weighted by Crippen LogP contribution is 2.37. The van der Waals surface area contributed by atoms with E-state index in [1.807, 2.05) is 6.26 Å². The van der Waals surface area contributed by atoms with E-state index in [0.29, 0.717) is 58.0 Å². The summed E-state index contributed by atoms with van der Waals surface area (Å²) >= 11 is 1.65. The summed E-state index contributed by atoms with van der Waals surface area (Å²) in [7, 11) is -1.97. The first kappa shape index (κ1) is 26.6. The number of nitrogens with zero attached hydrogens (tertiary/aromatic N) is 1. The molecule has 0 aliphatic heterocycles. The lowest BCUT2D eigenvalue weighted by molar-refractivity contribution is 0.0964. The molecular weight excluding hydrogens is 515 g/mol. The van der Waals surface area contributed by atoms with Crippen molar-refractivity contribution < 1.29 is 26.8 Å². The lowest BCUT2D eigenvalue weighted by atomic mass is 10.0. The summed E-state index contributed by atoms with van der Waals surface area (Å²) in [6.45, 7) is 0.344. The van der Waals surface area contributed by atoms with Crippen LogP contribution in [0.3, 0.4) is 0 Å². The number of amides is 1. The van der Waals surface area contributed by atoms with Gasteiger partial charge < -0.3 is 14.5 Å². The molecule has 0 aliphatic rings. The van der Waals surface area contributed by atoms with E-state index >= 15 is 0 Å². The molecule has 0 aliphatic carbocycles. The molecule has 10 heteroatoms. The molecule has 0 spiro atoms. The van der Waals surface area contributed by atoms with Crippen LogP contribution in [-0.2, 0) is 10.0 Å². The van der Waals surface area contributed by atoms with Gasteiger partial charge in [0.15, 0.2) is 0 Å². The van der Waals surface area contributed by atoms with Gasteiger partial charge in [-0.15, -0.1) is 0 Å². The van der Waals surface area contributed by atoms with Crippen LogP contribution in [-0.4, -0.2) is 46.2 Å². The summed E-state index contributed by atoms with van der Waals surface area (Å²) in [5.41, 5.74) is 1.87. The number of thioether (sulfide) groups is 1. The fourth-order valence-corrected chi connectivity index (χ4v) is 5.32.